The van der Waals surface area contributed by atoms with Gasteiger partial charge in [-0.05, 0) is 42.9 Å². The first kappa shape index (κ1) is 16.3. The average Bonchev–Trinajstić information content (AvgIpc) is 3.35. The summed E-state index contributed by atoms with van der Waals surface area (Å²) in [5.41, 5.74) is 2.02. The lowest BCUT2D eigenvalue weighted by Crippen LogP contribution is -2.41. The Balaban J connectivity index is 1.43. The molecule has 2 atom stereocenters. The van der Waals surface area contributed by atoms with Gasteiger partial charge in [0.2, 0.25) is 0 Å². The van der Waals surface area contributed by atoms with Crippen LogP contribution in [0.5, 0.6) is 0 Å². The lowest BCUT2D eigenvalue weighted by Gasteiger charge is -2.32. The lowest BCUT2D eigenvalue weighted by molar-refractivity contribution is 0.0659. The van der Waals surface area contributed by atoms with Gasteiger partial charge in [0.15, 0.2) is 0 Å². The molecule has 1 aromatic carbocycles. The molecule has 0 saturated carbocycles. The van der Waals surface area contributed by atoms with E-state index >= 15 is 0 Å². The molecule has 2 saturated heterocycles. The molecule has 0 N–H and O–H groups in total. The van der Waals surface area contributed by atoms with Gasteiger partial charge in [0.25, 0.3) is 5.91 Å². The van der Waals surface area contributed by atoms with Gasteiger partial charge in [0.05, 0.1) is 12.8 Å². The van der Waals surface area contributed by atoms with Crippen molar-refractivity contribution in [3.63, 3.8) is 0 Å². The molecule has 4 rings (SSSR count). The molecule has 2 aliphatic rings. The highest BCUT2D eigenvalue weighted by molar-refractivity contribution is 5.94. The predicted octanol–water partition coefficient (Wildman–Crippen LogP) is 2.33. The van der Waals surface area contributed by atoms with Crippen LogP contribution in [0.4, 0.5) is 0 Å². The van der Waals surface area contributed by atoms with Crippen LogP contribution in [0.2, 0.25) is 0 Å². The first-order valence-electron chi connectivity index (χ1n) is 9.10. The highest BCUT2D eigenvalue weighted by atomic mass is 16.5. The van der Waals surface area contributed by atoms with Crippen LogP contribution >= 0.6 is 0 Å². The van der Waals surface area contributed by atoms with E-state index in [0.717, 1.165) is 57.7 Å². The van der Waals surface area contributed by atoms with Gasteiger partial charge in [-0.3, -0.25) is 9.48 Å². The molecule has 2 fully saturated rings. The fraction of sp³-hybridized carbons (Fsp3) is 0.526. The summed E-state index contributed by atoms with van der Waals surface area (Å²) in [6.45, 7) is 4.03. The van der Waals surface area contributed by atoms with E-state index in [-0.39, 0.29) is 5.91 Å². The summed E-state index contributed by atoms with van der Waals surface area (Å²) in [5.74, 6) is 1.00. The molecule has 1 amide bonds. The zero-order valence-electron chi connectivity index (χ0n) is 14.4. The van der Waals surface area contributed by atoms with Crippen molar-refractivity contribution in [2.75, 3.05) is 26.3 Å². The summed E-state index contributed by atoms with van der Waals surface area (Å²) in [4.78, 5) is 15.0. The molecule has 2 aromatic rings. The number of hydrogen-bond acceptors (Lipinski definition) is 4. The van der Waals surface area contributed by atoms with E-state index in [2.05, 4.69) is 22.4 Å². The maximum atomic E-state index is 13.0. The number of rotatable bonds is 4. The van der Waals surface area contributed by atoms with Crippen molar-refractivity contribution in [3.05, 3.63) is 47.8 Å². The smallest absolute Gasteiger partial charge is 0.253 e. The van der Waals surface area contributed by atoms with Crippen molar-refractivity contribution in [3.8, 4) is 0 Å². The third kappa shape index (κ3) is 3.74. The van der Waals surface area contributed by atoms with E-state index < -0.39 is 0 Å². The molecular formula is C19H24N4O2. The standard InChI is InChI=1S/C19H24N4O2/c24-19(17-5-1-4-16(11-17)18-6-10-25-14-18)22-8-2-3-15(12-22)13-23-9-7-20-21-23/h1,4-5,7,9,11,15,18H,2-3,6,8,10,12-14H2. The first-order valence-corrected chi connectivity index (χ1v) is 9.10. The van der Waals surface area contributed by atoms with Crippen molar-refractivity contribution in [1.82, 2.24) is 19.9 Å². The van der Waals surface area contributed by atoms with Crippen LogP contribution < -0.4 is 0 Å². The predicted molar refractivity (Wildman–Crippen MR) is 93.3 cm³/mol. The molecule has 3 heterocycles. The maximum absolute atomic E-state index is 13.0. The molecule has 6 nitrogen and oxygen atoms in total. The van der Waals surface area contributed by atoms with E-state index in [1.54, 1.807) is 6.20 Å². The van der Waals surface area contributed by atoms with Crippen LogP contribution in [0, 0.1) is 5.92 Å². The van der Waals surface area contributed by atoms with E-state index in [1.807, 2.05) is 27.9 Å². The van der Waals surface area contributed by atoms with Gasteiger partial charge in [0.1, 0.15) is 0 Å². The van der Waals surface area contributed by atoms with Gasteiger partial charge >= 0.3 is 0 Å². The Hall–Kier alpha value is -2.21. The lowest BCUT2D eigenvalue weighted by atomic mass is 9.95. The van der Waals surface area contributed by atoms with Crippen LogP contribution in [-0.2, 0) is 11.3 Å². The molecule has 0 aliphatic carbocycles. The first-order chi connectivity index (χ1) is 12.3. The quantitative estimate of drug-likeness (QED) is 0.857. The van der Waals surface area contributed by atoms with E-state index in [1.165, 1.54) is 5.56 Å². The van der Waals surface area contributed by atoms with E-state index in [9.17, 15) is 4.79 Å². The second kappa shape index (κ2) is 7.35. The number of piperidine rings is 1. The van der Waals surface area contributed by atoms with Crippen molar-refractivity contribution in [2.45, 2.75) is 31.7 Å². The fourth-order valence-corrected chi connectivity index (χ4v) is 3.90. The molecule has 25 heavy (non-hydrogen) atoms. The van der Waals surface area contributed by atoms with Gasteiger partial charge in [-0.15, -0.1) is 5.10 Å². The molecule has 1 aromatic heterocycles. The summed E-state index contributed by atoms with van der Waals surface area (Å²) in [6.07, 6.45) is 6.80. The summed E-state index contributed by atoms with van der Waals surface area (Å²) < 4.78 is 7.34. The Morgan fingerprint density at radius 1 is 1.32 bits per heavy atom. The monoisotopic (exact) mass is 340 g/mol. The molecule has 132 valence electrons. The van der Waals surface area contributed by atoms with Gasteiger partial charge < -0.3 is 9.64 Å². The fourth-order valence-electron chi connectivity index (χ4n) is 3.90. The number of benzene rings is 1. The average molecular weight is 340 g/mol. The molecule has 0 spiro atoms. The topological polar surface area (TPSA) is 60.2 Å². The highest BCUT2D eigenvalue weighted by Gasteiger charge is 2.26. The van der Waals surface area contributed by atoms with Crippen molar-refractivity contribution >= 4 is 5.91 Å². The van der Waals surface area contributed by atoms with Gasteiger partial charge in [-0.25, -0.2) is 0 Å². The van der Waals surface area contributed by atoms with Gasteiger partial charge in [0, 0.05) is 43.9 Å². The van der Waals surface area contributed by atoms with Crippen molar-refractivity contribution in [1.29, 1.82) is 0 Å². The number of amides is 1. The summed E-state index contributed by atoms with van der Waals surface area (Å²) in [7, 11) is 0. The Bertz CT molecular complexity index is 710. The zero-order chi connectivity index (χ0) is 17.1. The molecule has 0 radical (unpaired) electrons. The van der Waals surface area contributed by atoms with E-state index in [0.29, 0.717) is 11.8 Å². The maximum Gasteiger partial charge on any atom is 0.253 e. The van der Waals surface area contributed by atoms with Crippen LogP contribution in [0.15, 0.2) is 36.7 Å². The molecule has 6 heteroatoms. The summed E-state index contributed by atoms with van der Waals surface area (Å²) in [5, 5.41) is 7.90. The minimum absolute atomic E-state index is 0.143. The van der Waals surface area contributed by atoms with Gasteiger partial charge in [-0.1, -0.05) is 17.3 Å². The van der Waals surface area contributed by atoms with Gasteiger partial charge in [-0.2, -0.15) is 0 Å². The van der Waals surface area contributed by atoms with Crippen molar-refractivity contribution < 1.29 is 9.53 Å². The second-order valence-electron chi connectivity index (χ2n) is 7.07. The number of carbonyl (C=O) groups is 1. The SMILES string of the molecule is O=C(c1cccc(C2CCOC2)c1)N1CCCC(Cn2ccnn2)C1. The van der Waals surface area contributed by atoms with E-state index in [4.69, 9.17) is 4.74 Å². The number of ether oxygens (including phenoxy) is 1. The van der Waals surface area contributed by atoms with Crippen LogP contribution in [0.1, 0.15) is 41.1 Å². The largest absolute Gasteiger partial charge is 0.381 e. The number of hydrogen-bond donors (Lipinski definition) is 0. The van der Waals surface area contributed by atoms with Crippen LogP contribution in [-0.4, -0.2) is 52.1 Å². The minimum Gasteiger partial charge on any atom is -0.381 e. The number of nitrogens with zero attached hydrogens (tertiary/aromatic N) is 4. The molecular weight excluding hydrogens is 316 g/mol. The Morgan fingerprint density at radius 3 is 3.08 bits per heavy atom. The van der Waals surface area contributed by atoms with Crippen LogP contribution in [0.25, 0.3) is 0 Å². The summed E-state index contributed by atoms with van der Waals surface area (Å²) >= 11 is 0. The Labute approximate surface area is 147 Å². The highest BCUT2D eigenvalue weighted by Crippen LogP contribution is 2.27. The molecule has 0 bridgehead atoms. The van der Waals surface area contributed by atoms with Crippen LogP contribution in [0.3, 0.4) is 0 Å². The number of likely N-dealkylation sites (tertiary alicyclic amines) is 1. The van der Waals surface area contributed by atoms with Crippen molar-refractivity contribution in [2.24, 2.45) is 5.92 Å². The molecule has 2 aliphatic heterocycles. The Kier molecular flexibility index (Phi) is 4.78. The molecule has 2 unspecified atom stereocenters. The number of aromatic nitrogens is 3. The summed E-state index contributed by atoms with van der Waals surface area (Å²) in [6, 6.07) is 8.10. The second-order valence-corrected chi connectivity index (χ2v) is 7.07. The Morgan fingerprint density at radius 2 is 2.28 bits per heavy atom. The normalized spacial score (nSPS) is 23.8. The third-order valence-electron chi connectivity index (χ3n) is 5.26. The third-order valence-corrected chi connectivity index (χ3v) is 5.26. The number of carbonyl (C=O) groups excluding carboxylic acids is 1. The zero-order valence-corrected chi connectivity index (χ0v) is 14.4. The minimum atomic E-state index is 0.143.